The molecule has 0 nitrogen and oxygen atoms in total. The Labute approximate surface area is 280 Å². The van der Waals surface area contributed by atoms with Gasteiger partial charge in [0.2, 0.25) is 0 Å². The van der Waals surface area contributed by atoms with Gasteiger partial charge in [-0.3, -0.25) is 0 Å². The Hall–Kier alpha value is -6.24. The maximum Gasteiger partial charge on any atom is -0.00139 e. The summed E-state index contributed by atoms with van der Waals surface area (Å²) in [4.78, 5) is 0. The molecule has 0 heteroatoms. The molecule has 0 aliphatic rings. The Kier molecular flexibility index (Phi) is 6.91. The third-order valence-electron chi connectivity index (χ3n) is 9.63. The van der Waals surface area contributed by atoms with Crippen molar-refractivity contribution in [2.45, 2.75) is 0 Å². The summed E-state index contributed by atoms with van der Waals surface area (Å²) in [5.74, 6) is 0. The van der Waals surface area contributed by atoms with Crippen molar-refractivity contribution in [2.24, 2.45) is 0 Å². The topological polar surface area (TPSA) is 0 Å². The first kappa shape index (κ1) is 28.0. The van der Waals surface area contributed by atoms with Crippen LogP contribution in [0.1, 0.15) is 16.7 Å². The molecule has 0 bridgehead atoms. The van der Waals surface area contributed by atoms with E-state index in [0.29, 0.717) is 0 Å². The van der Waals surface area contributed by atoms with Gasteiger partial charge in [0.25, 0.3) is 0 Å². The van der Waals surface area contributed by atoms with E-state index < -0.39 is 0 Å². The summed E-state index contributed by atoms with van der Waals surface area (Å²) in [7, 11) is 0. The fourth-order valence-electron chi connectivity index (χ4n) is 7.47. The zero-order valence-corrected chi connectivity index (χ0v) is 26.5. The van der Waals surface area contributed by atoms with Crippen LogP contribution in [-0.2, 0) is 0 Å². The maximum absolute atomic E-state index is 2.32. The first-order valence-electron chi connectivity index (χ1n) is 16.6. The summed E-state index contributed by atoms with van der Waals surface area (Å²) in [6.45, 7) is 0. The second-order valence-corrected chi connectivity index (χ2v) is 12.4. The van der Waals surface area contributed by atoms with Gasteiger partial charge in [-0.05, 0) is 99.7 Å². The molecule has 224 valence electrons. The minimum Gasteiger partial charge on any atom is -0.0622 e. The van der Waals surface area contributed by atoms with E-state index in [1.807, 2.05) is 0 Å². The predicted molar refractivity (Wildman–Crippen MR) is 207 cm³/mol. The van der Waals surface area contributed by atoms with Gasteiger partial charge in [0.1, 0.15) is 0 Å². The van der Waals surface area contributed by atoms with Gasteiger partial charge in [-0.2, -0.15) is 0 Å². The van der Waals surface area contributed by atoms with E-state index in [1.165, 1.54) is 87.6 Å². The fraction of sp³-hybridized carbons (Fsp3) is 0. The molecule has 0 unspecified atom stereocenters. The standard InChI is InChI=1S/C48H32/c1-3-15-34(16-4-1)45(35-17-5-2-6-18-35)31-33-27-29-36(30-28-33)46-41-23-11-13-25-43(41)48(44-26-14-12-24-42(44)46)47-39-21-9-7-19-37(39)32-38-20-8-10-22-40(38)47/h1-32H. The van der Waals surface area contributed by atoms with Crippen LogP contribution in [0.15, 0.2) is 188 Å². The summed E-state index contributed by atoms with van der Waals surface area (Å²) < 4.78 is 0. The van der Waals surface area contributed by atoms with Gasteiger partial charge in [-0.25, -0.2) is 0 Å². The second kappa shape index (κ2) is 11.8. The largest absolute Gasteiger partial charge is 0.0622 e. The predicted octanol–water partition coefficient (Wildman–Crippen LogP) is 13.2. The molecule has 0 heterocycles. The molecule has 0 amide bonds. The molecule has 0 saturated carbocycles. The van der Waals surface area contributed by atoms with Crippen molar-refractivity contribution in [3.05, 3.63) is 205 Å². The lowest BCUT2D eigenvalue weighted by Gasteiger charge is -2.20. The molecule has 0 aliphatic heterocycles. The number of hydrogen-bond acceptors (Lipinski definition) is 0. The third kappa shape index (κ3) is 4.78. The average Bonchev–Trinajstić information content (AvgIpc) is 3.16. The van der Waals surface area contributed by atoms with E-state index in [9.17, 15) is 0 Å². The van der Waals surface area contributed by atoms with Crippen LogP contribution in [-0.4, -0.2) is 0 Å². The molecule has 0 atom stereocenters. The van der Waals surface area contributed by atoms with E-state index in [-0.39, 0.29) is 0 Å². The average molecular weight is 609 g/mol. The number of fused-ring (bicyclic) bond motifs is 4. The fourth-order valence-corrected chi connectivity index (χ4v) is 7.47. The van der Waals surface area contributed by atoms with E-state index >= 15 is 0 Å². The van der Waals surface area contributed by atoms with Gasteiger partial charge >= 0.3 is 0 Å². The lowest BCUT2D eigenvalue weighted by atomic mass is 9.83. The van der Waals surface area contributed by atoms with Crippen molar-refractivity contribution in [1.82, 2.24) is 0 Å². The molecule has 0 aliphatic carbocycles. The Bertz CT molecular complexity index is 2470. The summed E-state index contributed by atoms with van der Waals surface area (Å²) in [5, 5.41) is 10.2. The summed E-state index contributed by atoms with van der Waals surface area (Å²) in [6, 6.07) is 68.3. The van der Waals surface area contributed by atoms with Crippen LogP contribution < -0.4 is 0 Å². The first-order chi connectivity index (χ1) is 23.8. The number of rotatable bonds is 5. The van der Waals surface area contributed by atoms with Crippen LogP contribution in [0.5, 0.6) is 0 Å². The van der Waals surface area contributed by atoms with Gasteiger partial charge in [-0.1, -0.05) is 182 Å². The highest BCUT2D eigenvalue weighted by molar-refractivity contribution is 6.27. The lowest BCUT2D eigenvalue weighted by molar-refractivity contribution is 1.55. The van der Waals surface area contributed by atoms with Crippen molar-refractivity contribution in [3.8, 4) is 22.3 Å². The van der Waals surface area contributed by atoms with Crippen molar-refractivity contribution in [2.75, 3.05) is 0 Å². The first-order valence-corrected chi connectivity index (χ1v) is 16.6. The molecule has 9 aromatic carbocycles. The van der Waals surface area contributed by atoms with E-state index in [0.717, 1.165) is 0 Å². The monoisotopic (exact) mass is 608 g/mol. The smallest absolute Gasteiger partial charge is 0.00139 e. The molecule has 48 heavy (non-hydrogen) atoms. The van der Waals surface area contributed by atoms with E-state index in [4.69, 9.17) is 0 Å². The van der Waals surface area contributed by atoms with Crippen LogP contribution in [0, 0.1) is 0 Å². The maximum atomic E-state index is 2.32. The molecular weight excluding hydrogens is 577 g/mol. The minimum atomic E-state index is 1.17. The van der Waals surface area contributed by atoms with E-state index in [1.54, 1.807) is 0 Å². The molecule has 0 aromatic heterocycles. The van der Waals surface area contributed by atoms with Crippen LogP contribution in [0.3, 0.4) is 0 Å². The molecule has 0 saturated heterocycles. The second-order valence-electron chi connectivity index (χ2n) is 12.4. The van der Waals surface area contributed by atoms with Crippen LogP contribution >= 0.6 is 0 Å². The van der Waals surface area contributed by atoms with Gasteiger partial charge < -0.3 is 0 Å². The van der Waals surface area contributed by atoms with Crippen molar-refractivity contribution in [3.63, 3.8) is 0 Å². The number of hydrogen-bond donors (Lipinski definition) is 0. The Morgan fingerprint density at radius 2 is 0.688 bits per heavy atom. The molecular formula is C48H32. The SMILES string of the molecule is C(=C(c1ccccc1)c1ccccc1)c1ccc(-c2c3ccccc3c(-c3c4ccccc4cc4ccccc34)c3ccccc23)cc1. The molecule has 0 N–H and O–H groups in total. The molecule has 0 radical (unpaired) electrons. The van der Waals surface area contributed by atoms with Crippen LogP contribution in [0.4, 0.5) is 0 Å². The lowest BCUT2D eigenvalue weighted by Crippen LogP contribution is -1.93. The Morgan fingerprint density at radius 3 is 1.17 bits per heavy atom. The molecule has 9 rings (SSSR count). The highest BCUT2D eigenvalue weighted by Gasteiger charge is 2.19. The van der Waals surface area contributed by atoms with Crippen molar-refractivity contribution >= 4 is 54.7 Å². The summed E-state index contributed by atoms with van der Waals surface area (Å²) in [5.41, 5.74) is 9.90. The zero-order valence-electron chi connectivity index (χ0n) is 26.5. The zero-order chi connectivity index (χ0) is 31.9. The summed E-state index contributed by atoms with van der Waals surface area (Å²) in [6.07, 6.45) is 2.30. The third-order valence-corrected chi connectivity index (χ3v) is 9.63. The van der Waals surface area contributed by atoms with Gasteiger partial charge in [0.15, 0.2) is 0 Å². The van der Waals surface area contributed by atoms with Gasteiger partial charge in [0.05, 0.1) is 0 Å². The molecule has 9 aromatic rings. The van der Waals surface area contributed by atoms with Crippen LogP contribution in [0.2, 0.25) is 0 Å². The van der Waals surface area contributed by atoms with Crippen molar-refractivity contribution < 1.29 is 0 Å². The highest BCUT2D eigenvalue weighted by atomic mass is 14.2. The molecule has 0 spiro atoms. The summed E-state index contributed by atoms with van der Waals surface area (Å²) >= 11 is 0. The minimum absolute atomic E-state index is 1.17. The van der Waals surface area contributed by atoms with Crippen LogP contribution in [0.25, 0.3) is 77.0 Å². The Balaban J connectivity index is 1.28. The quantitative estimate of drug-likeness (QED) is 0.135. The highest BCUT2D eigenvalue weighted by Crippen LogP contribution is 2.47. The van der Waals surface area contributed by atoms with Gasteiger partial charge in [0, 0.05) is 0 Å². The van der Waals surface area contributed by atoms with Crippen molar-refractivity contribution in [1.29, 1.82) is 0 Å². The van der Waals surface area contributed by atoms with Gasteiger partial charge in [-0.15, -0.1) is 0 Å². The number of benzene rings is 9. The Morgan fingerprint density at radius 1 is 0.312 bits per heavy atom. The normalized spacial score (nSPS) is 11.3. The van der Waals surface area contributed by atoms with E-state index in [2.05, 4.69) is 194 Å². The molecule has 0 fully saturated rings.